The van der Waals surface area contributed by atoms with Crippen molar-refractivity contribution in [3.63, 3.8) is 0 Å². The lowest BCUT2D eigenvalue weighted by Gasteiger charge is -2.35. The molecule has 0 atom stereocenters. The summed E-state index contributed by atoms with van der Waals surface area (Å²) in [4.78, 5) is 25.8. The van der Waals surface area contributed by atoms with Crippen molar-refractivity contribution in [3.05, 3.63) is 11.8 Å². The summed E-state index contributed by atoms with van der Waals surface area (Å²) in [6.45, 7) is 8.07. The Bertz CT molecular complexity index is 577. The van der Waals surface area contributed by atoms with Crippen LogP contribution in [0.15, 0.2) is 6.07 Å². The van der Waals surface area contributed by atoms with E-state index in [0.29, 0.717) is 5.91 Å². The number of hydrogen-bond donors (Lipinski definition) is 1. The van der Waals surface area contributed by atoms with E-state index in [1.165, 1.54) is 25.7 Å². The molecule has 1 saturated carbocycles. The van der Waals surface area contributed by atoms with E-state index in [-0.39, 0.29) is 0 Å². The Balaban J connectivity index is 1.50. The molecule has 3 rings (SSSR count). The monoisotopic (exact) mass is 345 g/mol. The highest BCUT2D eigenvalue weighted by atomic mass is 16.2. The van der Waals surface area contributed by atoms with Crippen molar-refractivity contribution < 1.29 is 4.79 Å². The van der Waals surface area contributed by atoms with Gasteiger partial charge in [0.25, 0.3) is 0 Å². The lowest BCUT2D eigenvalue weighted by Crippen LogP contribution is -2.49. The van der Waals surface area contributed by atoms with Crippen LogP contribution >= 0.6 is 0 Å². The zero-order valence-corrected chi connectivity index (χ0v) is 15.6. The molecule has 0 spiro atoms. The summed E-state index contributed by atoms with van der Waals surface area (Å²) >= 11 is 0. The zero-order valence-electron chi connectivity index (χ0n) is 15.6. The Hall–Kier alpha value is -1.85. The van der Waals surface area contributed by atoms with Crippen LogP contribution in [0.5, 0.6) is 0 Å². The van der Waals surface area contributed by atoms with E-state index >= 15 is 0 Å². The molecule has 1 aliphatic carbocycles. The SMILES string of the molecule is CCNc1cc(C)nc(N2CCN(C(=O)CCC3CCCC3)CC2)n1. The Kier molecular flexibility index (Phi) is 6.10. The van der Waals surface area contributed by atoms with Gasteiger partial charge in [-0.3, -0.25) is 4.79 Å². The molecule has 25 heavy (non-hydrogen) atoms. The molecule has 0 radical (unpaired) electrons. The second kappa shape index (κ2) is 8.50. The molecular formula is C19H31N5O. The molecular weight excluding hydrogens is 314 g/mol. The first-order chi connectivity index (χ1) is 12.2. The van der Waals surface area contributed by atoms with E-state index in [9.17, 15) is 4.79 Å². The molecule has 1 aromatic rings. The number of hydrogen-bond acceptors (Lipinski definition) is 5. The van der Waals surface area contributed by atoms with Gasteiger partial charge >= 0.3 is 0 Å². The molecule has 0 unspecified atom stereocenters. The van der Waals surface area contributed by atoms with Crippen molar-refractivity contribution in [3.8, 4) is 0 Å². The van der Waals surface area contributed by atoms with Crippen LogP contribution in [0.1, 0.15) is 51.1 Å². The highest BCUT2D eigenvalue weighted by Gasteiger charge is 2.24. The van der Waals surface area contributed by atoms with Crippen LogP contribution in [0.3, 0.4) is 0 Å². The fourth-order valence-corrected chi connectivity index (χ4v) is 3.91. The van der Waals surface area contributed by atoms with Crippen LogP contribution in [0.4, 0.5) is 11.8 Å². The van der Waals surface area contributed by atoms with Crippen molar-refractivity contribution in [2.45, 2.75) is 52.4 Å². The summed E-state index contributed by atoms with van der Waals surface area (Å²) < 4.78 is 0. The van der Waals surface area contributed by atoms with E-state index in [4.69, 9.17) is 0 Å². The van der Waals surface area contributed by atoms with Crippen LogP contribution < -0.4 is 10.2 Å². The number of piperazine rings is 1. The number of carbonyl (C=O) groups is 1. The summed E-state index contributed by atoms with van der Waals surface area (Å²) in [5.41, 5.74) is 0.969. The Morgan fingerprint density at radius 3 is 2.60 bits per heavy atom. The van der Waals surface area contributed by atoms with Crippen LogP contribution in [0.2, 0.25) is 0 Å². The maximum Gasteiger partial charge on any atom is 0.227 e. The van der Waals surface area contributed by atoms with E-state index in [1.807, 2.05) is 17.9 Å². The maximum absolute atomic E-state index is 12.5. The molecule has 1 saturated heterocycles. The van der Waals surface area contributed by atoms with Gasteiger partial charge in [0.1, 0.15) is 5.82 Å². The summed E-state index contributed by atoms with van der Waals surface area (Å²) in [5, 5.41) is 3.26. The van der Waals surface area contributed by atoms with E-state index in [1.54, 1.807) is 0 Å². The van der Waals surface area contributed by atoms with Gasteiger partial charge in [-0.2, -0.15) is 4.98 Å². The molecule has 6 nitrogen and oxygen atoms in total. The molecule has 0 aromatic carbocycles. The number of nitrogens with zero attached hydrogens (tertiary/aromatic N) is 4. The Labute approximate surface area is 151 Å². The van der Waals surface area contributed by atoms with Crippen molar-refractivity contribution in [1.29, 1.82) is 0 Å². The van der Waals surface area contributed by atoms with Gasteiger partial charge in [0, 0.05) is 50.9 Å². The largest absolute Gasteiger partial charge is 0.370 e. The van der Waals surface area contributed by atoms with E-state index in [2.05, 4.69) is 27.1 Å². The molecule has 1 aromatic heterocycles. The quantitative estimate of drug-likeness (QED) is 0.859. The molecule has 1 aliphatic heterocycles. The lowest BCUT2D eigenvalue weighted by atomic mass is 10.0. The molecule has 2 aliphatic rings. The highest BCUT2D eigenvalue weighted by molar-refractivity contribution is 5.76. The third kappa shape index (κ3) is 4.83. The second-order valence-electron chi connectivity index (χ2n) is 7.28. The number of nitrogens with one attached hydrogen (secondary N) is 1. The average Bonchev–Trinajstić information content (AvgIpc) is 3.13. The third-order valence-electron chi connectivity index (χ3n) is 5.36. The Morgan fingerprint density at radius 2 is 1.92 bits per heavy atom. The van der Waals surface area contributed by atoms with Gasteiger partial charge in [0.05, 0.1) is 0 Å². The van der Waals surface area contributed by atoms with Gasteiger partial charge < -0.3 is 15.1 Å². The first-order valence-corrected chi connectivity index (χ1v) is 9.78. The van der Waals surface area contributed by atoms with Crippen LogP contribution in [-0.4, -0.2) is 53.5 Å². The number of aromatic nitrogens is 2. The van der Waals surface area contributed by atoms with Crippen LogP contribution in [-0.2, 0) is 4.79 Å². The summed E-state index contributed by atoms with van der Waals surface area (Å²) in [6.07, 6.45) is 7.13. The molecule has 138 valence electrons. The second-order valence-corrected chi connectivity index (χ2v) is 7.28. The third-order valence-corrected chi connectivity index (χ3v) is 5.36. The maximum atomic E-state index is 12.5. The zero-order chi connectivity index (χ0) is 17.6. The van der Waals surface area contributed by atoms with Gasteiger partial charge in [-0.25, -0.2) is 4.98 Å². The fourth-order valence-electron chi connectivity index (χ4n) is 3.91. The normalized spacial score (nSPS) is 18.6. The molecule has 1 N–H and O–H groups in total. The predicted octanol–water partition coefficient (Wildman–Crippen LogP) is 2.84. The molecule has 0 bridgehead atoms. The van der Waals surface area contributed by atoms with Crippen molar-refractivity contribution in [2.24, 2.45) is 5.92 Å². The van der Waals surface area contributed by atoms with Gasteiger partial charge in [0.2, 0.25) is 11.9 Å². The molecule has 6 heteroatoms. The topological polar surface area (TPSA) is 61.4 Å². The van der Waals surface area contributed by atoms with E-state index < -0.39 is 0 Å². The molecule has 1 amide bonds. The Morgan fingerprint density at radius 1 is 1.20 bits per heavy atom. The van der Waals surface area contributed by atoms with Crippen molar-refractivity contribution in [2.75, 3.05) is 42.9 Å². The van der Waals surface area contributed by atoms with Gasteiger partial charge in [-0.1, -0.05) is 25.7 Å². The number of amides is 1. The van der Waals surface area contributed by atoms with Crippen molar-refractivity contribution in [1.82, 2.24) is 14.9 Å². The summed E-state index contributed by atoms with van der Waals surface area (Å²) in [5.74, 6) is 2.76. The first-order valence-electron chi connectivity index (χ1n) is 9.78. The average molecular weight is 345 g/mol. The minimum absolute atomic E-state index is 0.324. The highest BCUT2D eigenvalue weighted by Crippen LogP contribution is 2.28. The first kappa shape index (κ1) is 18.0. The molecule has 2 fully saturated rings. The van der Waals surface area contributed by atoms with Gasteiger partial charge in [-0.05, 0) is 26.2 Å². The summed E-state index contributed by atoms with van der Waals surface area (Å²) in [7, 11) is 0. The smallest absolute Gasteiger partial charge is 0.227 e. The number of rotatable bonds is 6. The number of aryl methyl sites for hydroxylation is 1. The van der Waals surface area contributed by atoms with Crippen LogP contribution in [0.25, 0.3) is 0 Å². The molecule has 2 heterocycles. The minimum Gasteiger partial charge on any atom is -0.370 e. The summed E-state index contributed by atoms with van der Waals surface area (Å²) in [6, 6.07) is 1.97. The fraction of sp³-hybridized carbons (Fsp3) is 0.737. The lowest BCUT2D eigenvalue weighted by molar-refractivity contribution is -0.131. The number of anilines is 2. The van der Waals surface area contributed by atoms with Crippen LogP contribution in [0, 0.1) is 12.8 Å². The van der Waals surface area contributed by atoms with Crippen molar-refractivity contribution >= 4 is 17.7 Å². The minimum atomic E-state index is 0.324. The predicted molar refractivity (Wildman–Crippen MR) is 101 cm³/mol. The number of carbonyl (C=O) groups excluding carboxylic acids is 1. The van der Waals surface area contributed by atoms with E-state index in [0.717, 1.165) is 68.9 Å². The standard InChI is InChI=1S/C19H31N5O/c1-3-20-17-14-15(2)21-19(22-17)24-12-10-23(11-13-24)18(25)9-8-16-6-4-5-7-16/h14,16H,3-13H2,1-2H3,(H,20,21,22). The van der Waals surface area contributed by atoms with Gasteiger partial charge in [0.15, 0.2) is 0 Å². The van der Waals surface area contributed by atoms with Gasteiger partial charge in [-0.15, -0.1) is 0 Å².